The van der Waals surface area contributed by atoms with Crippen LogP contribution in [0.2, 0.25) is 0 Å². The molecule has 1 aliphatic rings. The predicted octanol–water partition coefficient (Wildman–Crippen LogP) is 7.99. The van der Waals surface area contributed by atoms with Crippen LogP contribution in [0.1, 0.15) is 48.8 Å². The first-order valence-electron chi connectivity index (χ1n) is 12.0. The molecule has 1 saturated heterocycles. The van der Waals surface area contributed by atoms with Crippen LogP contribution >= 0.6 is 0 Å². The van der Waals surface area contributed by atoms with E-state index in [9.17, 15) is 17.6 Å². The molecule has 7 heteroatoms. The summed E-state index contributed by atoms with van der Waals surface area (Å²) >= 11 is 0. The number of hydrogen-bond donors (Lipinski definition) is 0. The van der Waals surface area contributed by atoms with E-state index >= 15 is 4.39 Å². The van der Waals surface area contributed by atoms with Gasteiger partial charge < -0.3 is 9.47 Å². The molecule has 2 nitrogen and oxygen atoms in total. The minimum Gasteiger partial charge on any atom is -0.491 e. The van der Waals surface area contributed by atoms with Gasteiger partial charge in [-0.1, -0.05) is 36.9 Å². The van der Waals surface area contributed by atoms with Crippen molar-refractivity contribution in [1.29, 1.82) is 0 Å². The van der Waals surface area contributed by atoms with Crippen LogP contribution in [-0.2, 0) is 11.2 Å². The molecule has 1 aliphatic heterocycles. The van der Waals surface area contributed by atoms with Crippen LogP contribution in [0.5, 0.6) is 5.75 Å². The number of halogens is 5. The number of hydrogen-bond acceptors (Lipinski definition) is 2. The van der Waals surface area contributed by atoms with Crippen molar-refractivity contribution in [1.82, 2.24) is 0 Å². The van der Waals surface area contributed by atoms with E-state index in [1.165, 1.54) is 30.3 Å². The van der Waals surface area contributed by atoms with Crippen molar-refractivity contribution in [3.8, 4) is 16.9 Å². The smallest absolute Gasteiger partial charge is 0.201 e. The summed E-state index contributed by atoms with van der Waals surface area (Å²) in [6.45, 7) is 5.57. The number of ether oxygens (including phenoxy) is 2. The molecule has 36 heavy (non-hydrogen) atoms. The average molecular weight is 503 g/mol. The molecule has 2 atom stereocenters. The summed E-state index contributed by atoms with van der Waals surface area (Å²) in [6, 6.07) is 9.99. The van der Waals surface area contributed by atoms with Gasteiger partial charge in [-0.3, -0.25) is 0 Å². The van der Waals surface area contributed by atoms with Gasteiger partial charge in [0.25, 0.3) is 0 Å². The Bertz CT molecular complexity index is 1250. The zero-order valence-electron chi connectivity index (χ0n) is 19.9. The van der Waals surface area contributed by atoms with Crippen LogP contribution in [0.25, 0.3) is 17.2 Å². The fourth-order valence-electron chi connectivity index (χ4n) is 4.58. The van der Waals surface area contributed by atoms with E-state index in [0.29, 0.717) is 36.8 Å². The lowest BCUT2D eigenvalue weighted by Crippen LogP contribution is -2.26. The van der Waals surface area contributed by atoms with Crippen LogP contribution in [0.4, 0.5) is 22.0 Å². The van der Waals surface area contributed by atoms with Gasteiger partial charge in [-0.05, 0) is 67.5 Å². The zero-order chi connectivity index (χ0) is 25.8. The molecule has 2 unspecified atom stereocenters. The Kier molecular flexibility index (Phi) is 8.09. The molecule has 3 aromatic rings. The van der Waals surface area contributed by atoms with E-state index in [2.05, 4.69) is 6.58 Å². The fraction of sp³-hybridized carbons (Fsp3) is 0.310. The van der Waals surface area contributed by atoms with Gasteiger partial charge in [-0.2, -0.15) is 4.39 Å². The quantitative estimate of drug-likeness (QED) is 0.291. The molecule has 0 saturated carbocycles. The van der Waals surface area contributed by atoms with E-state index < -0.39 is 23.3 Å². The minimum atomic E-state index is -1.30. The molecule has 0 N–H and O–H groups in total. The van der Waals surface area contributed by atoms with E-state index in [4.69, 9.17) is 9.47 Å². The molecular weight excluding hydrogens is 475 g/mol. The Morgan fingerprint density at radius 1 is 0.917 bits per heavy atom. The molecule has 0 radical (unpaired) electrons. The van der Waals surface area contributed by atoms with E-state index in [-0.39, 0.29) is 53.5 Å². The molecule has 0 aromatic heterocycles. The van der Waals surface area contributed by atoms with Crippen LogP contribution < -0.4 is 4.74 Å². The van der Waals surface area contributed by atoms with E-state index in [1.807, 2.05) is 0 Å². The Hall–Kier alpha value is -3.19. The first-order valence-corrected chi connectivity index (χ1v) is 12.0. The third-order valence-corrected chi connectivity index (χ3v) is 6.61. The van der Waals surface area contributed by atoms with Gasteiger partial charge >= 0.3 is 0 Å². The standard InChI is InChI=1S/C29H27F5O2/c1-3-17-5-6-18(24(30)15-17)7-9-20-10-8-19(16-36-20)21-11-12-22(27(32)26(21)31)23-13-14-25(35-4-2)29(34)28(23)33/h3,5-6,11-15,19-20H,1,4,7-10,16H2,2H3. The maximum absolute atomic E-state index is 15.0. The SMILES string of the molecule is C=Cc1ccc(CCC2CCC(c3ccc(-c4ccc(OCC)c(F)c4F)c(F)c3F)CO2)c(F)c1. The molecule has 190 valence electrons. The van der Waals surface area contributed by atoms with Crippen molar-refractivity contribution in [2.45, 2.75) is 44.6 Å². The Balaban J connectivity index is 1.43. The first kappa shape index (κ1) is 25.9. The summed E-state index contributed by atoms with van der Waals surface area (Å²) in [7, 11) is 0. The molecule has 1 fully saturated rings. The Morgan fingerprint density at radius 2 is 1.64 bits per heavy atom. The molecule has 3 aromatic carbocycles. The number of benzene rings is 3. The lowest BCUT2D eigenvalue weighted by atomic mass is 9.88. The normalized spacial score (nSPS) is 17.7. The Labute approximate surface area is 207 Å². The molecule has 0 bridgehead atoms. The van der Waals surface area contributed by atoms with Crippen LogP contribution in [0.15, 0.2) is 49.0 Å². The zero-order valence-corrected chi connectivity index (χ0v) is 19.9. The maximum atomic E-state index is 15.0. The van der Waals surface area contributed by atoms with Crippen molar-refractivity contribution in [2.75, 3.05) is 13.2 Å². The van der Waals surface area contributed by atoms with Crippen LogP contribution in [0.3, 0.4) is 0 Å². The van der Waals surface area contributed by atoms with Gasteiger partial charge in [0, 0.05) is 17.0 Å². The van der Waals surface area contributed by atoms with Crippen molar-refractivity contribution in [2.24, 2.45) is 0 Å². The monoisotopic (exact) mass is 502 g/mol. The summed E-state index contributed by atoms with van der Waals surface area (Å²) in [5.74, 6) is -5.85. The molecule has 0 aliphatic carbocycles. The Morgan fingerprint density at radius 3 is 2.28 bits per heavy atom. The number of rotatable bonds is 8. The summed E-state index contributed by atoms with van der Waals surface area (Å²) in [6.07, 6.45) is 3.74. The highest BCUT2D eigenvalue weighted by atomic mass is 19.2. The average Bonchev–Trinajstić information content (AvgIpc) is 2.88. The lowest BCUT2D eigenvalue weighted by molar-refractivity contribution is -0.00135. The van der Waals surface area contributed by atoms with Crippen molar-refractivity contribution in [3.05, 3.63) is 94.8 Å². The predicted molar refractivity (Wildman–Crippen MR) is 129 cm³/mol. The second kappa shape index (κ2) is 11.2. The van der Waals surface area contributed by atoms with Crippen molar-refractivity contribution < 1.29 is 31.4 Å². The third-order valence-electron chi connectivity index (χ3n) is 6.61. The topological polar surface area (TPSA) is 18.5 Å². The van der Waals surface area contributed by atoms with Crippen molar-refractivity contribution in [3.63, 3.8) is 0 Å². The van der Waals surface area contributed by atoms with Gasteiger partial charge in [0.1, 0.15) is 5.82 Å². The maximum Gasteiger partial charge on any atom is 0.201 e. The molecular formula is C29H27F5O2. The van der Waals surface area contributed by atoms with Gasteiger partial charge in [-0.25, -0.2) is 17.6 Å². The highest BCUT2D eigenvalue weighted by Gasteiger charge is 2.28. The van der Waals surface area contributed by atoms with Crippen LogP contribution in [0, 0.1) is 29.1 Å². The molecule has 0 spiro atoms. The largest absolute Gasteiger partial charge is 0.491 e. The van der Waals surface area contributed by atoms with Gasteiger partial charge in [0.15, 0.2) is 23.2 Å². The fourth-order valence-corrected chi connectivity index (χ4v) is 4.58. The summed E-state index contributed by atoms with van der Waals surface area (Å²) in [5, 5.41) is 0. The minimum absolute atomic E-state index is 0.118. The van der Waals surface area contributed by atoms with Gasteiger partial charge in [0.05, 0.1) is 19.3 Å². The molecule has 4 rings (SSSR count). The highest BCUT2D eigenvalue weighted by Crippen LogP contribution is 2.37. The second-order valence-electron chi connectivity index (χ2n) is 8.83. The van der Waals surface area contributed by atoms with Gasteiger partial charge in [0.2, 0.25) is 5.82 Å². The van der Waals surface area contributed by atoms with E-state index in [0.717, 1.165) is 0 Å². The third kappa shape index (κ3) is 5.31. The summed E-state index contributed by atoms with van der Waals surface area (Å²) in [5.41, 5.74) is 0.686. The van der Waals surface area contributed by atoms with Crippen molar-refractivity contribution >= 4 is 6.08 Å². The number of aryl methyl sites for hydroxylation is 1. The summed E-state index contributed by atoms with van der Waals surface area (Å²) in [4.78, 5) is 0. The second-order valence-corrected chi connectivity index (χ2v) is 8.83. The molecule has 1 heterocycles. The lowest BCUT2D eigenvalue weighted by Gasteiger charge is -2.30. The molecule has 0 amide bonds. The summed E-state index contributed by atoms with van der Waals surface area (Å²) < 4.78 is 83.9. The highest BCUT2D eigenvalue weighted by molar-refractivity contribution is 5.67. The van der Waals surface area contributed by atoms with Gasteiger partial charge in [-0.15, -0.1) is 0 Å². The first-order chi connectivity index (χ1) is 17.3. The van der Waals surface area contributed by atoms with E-state index in [1.54, 1.807) is 25.1 Å². The van der Waals surface area contributed by atoms with Crippen LogP contribution in [-0.4, -0.2) is 19.3 Å².